The third kappa shape index (κ3) is 5.76. The zero-order valence-electron chi connectivity index (χ0n) is 16.2. The van der Waals surface area contributed by atoms with E-state index in [0.29, 0.717) is 6.61 Å². The molecule has 1 atom stereocenters. The first-order chi connectivity index (χ1) is 9.56. The quantitative estimate of drug-likeness (QED) is 0.536. The summed E-state index contributed by atoms with van der Waals surface area (Å²) < 4.78 is 11.7. The largest absolute Gasteiger partial charge is 0.444 e. The fourth-order valence-corrected chi connectivity index (χ4v) is 2.46. The van der Waals surface area contributed by atoms with Crippen molar-refractivity contribution in [1.82, 2.24) is 4.90 Å². The maximum Gasteiger partial charge on any atom is 0.410 e. The second-order valence-electron chi connectivity index (χ2n) is 8.65. The van der Waals surface area contributed by atoms with Crippen LogP contribution in [0.25, 0.3) is 0 Å². The molecule has 0 unspecified atom stereocenters. The van der Waals surface area contributed by atoms with Gasteiger partial charge in [-0.15, -0.1) is 6.58 Å². The Labute approximate surface area is 138 Å². The van der Waals surface area contributed by atoms with Gasteiger partial charge in [-0.05, 0) is 45.8 Å². The molecule has 0 aromatic carbocycles. The van der Waals surface area contributed by atoms with Crippen LogP contribution in [-0.2, 0) is 9.16 Å². The molecule has 0 spiro atoms. The van der Waals surface area contributed by atoms with E-state index < -0.39 is 19.5 Å². The molecule has 5 heteroatoms. The summed E-state index contributed by atoms with van der Waals surface area (Å²) in [6, 6.07) is 0. The Hall–Kier alpha value is -0.813. The van der Waals surface area contributed by atoms with Gasteiger partial charge in [-0.2, -0.15) is 0 Å². The Balaban J connectivity index is 5.06. The maximum absolute atomic E-state index is 12.3. The zero-order chi connectivity index (χ0) is 18.0. The van der Waals surface area contributed by atoms with Gasteiger partial charge in [0.05, 0.1) is 12.1 Å². The zero-order valence-corrected chi connectivity index (χ0v) is 17.2. The van der Waals surface area contributed by atoms with Gasteiger partial charge >= 0.3 is 6.09 Å². The smallest absolute Gasteiger partial charge is 0.410 e. The maximum atomic E-state index is 12.3. The van der Waals surface area contributed by atoms with E-state index in [0.717, 1.165) is 0 Å². The molecule has 0 aliphatic rings. The Bertz CT molecular complexity index is 407. The van der Waals surface area contributed by atoms with Crippen LogP contribution < -0.4 is 0 Å². The van der Waals surface area contributed by atoms with Crippen LogP contribution in [0.5, 0.6) is 0 Å². The third-order valence-electron chi connectivity index (χ3n) is 4.40. The van der Waals surface area contributed by atoms with E-state index in [9.17, 15) is 4.79 Å². The molecule has 1 amide bonds. The molecular weight excluding hydrogens is 294 g/mol. The molecular formula is C17H35NO3Si. The van der Waals surface area contributed by atoms with Gasteiger partial charge in [-0.3, -0.25) is 0 Å². The Kier molecular flexibility index (Phi) is 6.50. The summed E-state index contributed by atoms with van der Waals surface area (Å²) >= 11 is 0. The highest BCUT2D eigenvalue weighted by Crippen LogP contribution is 2.37. The molecule has 0 bridgehead atoms. The lowest BCUT2D eigenvalue weighted by atomic mass is 10.0. The number of hydrogen-bond donors (Lipinski definition) is 0. The number of amides is 1. The van der Waals surface area contributed by atoms with E-state index >= 15 is 0 Å². The van der Waals surface area contributed by atoms with Crippen molar-refractivity contribution >= 4 is 14.4 Å². The molecule has 0 aromatic rings. The lowest BCUT2D eigenvalue weighted by Gasteiger charge is -2.42. The number of likely N-dealkylation sites (N-methyl/N-ethyl adjacent to an activating group) is 1. The van der Waals surface area contributed by atoms with Crippen LogP contribution in [-0.4, -0.2) is 44.1 Å². The van der Waals surface area contributed by atoms with Crippen LogP contribution in [0.4, 0.5) is 4.79 Å². The second kappa shape index (κ2) is 6.75. The van der Waals surface area contributed by atoms with Crippen molar-refractivity contribution in [2.45, 2.75) is 77.7 Å². The fourth-order valence-electron chi connectivity index (χ4n) is 1.37. The average Bonchev–Trinajstić information content (AvgIpc) is 2.31. The predicted molar refractivity (Wildman–Crippen MR) is 95.7 cm³/mol. The number of nitrogens with zero attached hydrogens (tertiary/aromatic N) is 1. The molecule has 0 fully saturated rings. The summed E-state index contributed by atoms with van der Waals surface area (Å²) in [6.45, 7) is 22.8. The Morgan fingerprint density at radius 2 is 1.59 bits per heavy atom. The van der Waals surface area contributed by atoms with Crippen molar-refractivity contribution in [1.29, 1.82) is 0 Å². The van der Waals surface area contributed by atoms with Crippen LogP contribution in [0.15, 0.2) is 12.7 Å². The minimum absolute atomic E-state index is 0.125. The van der Waals surface area contributed by atoms with E-state index in [2.05, 4.69) is 40.4 Å². The van der Waals surface area contributed by atoms with E-state index in [1.807, 2.05) is 27.7 Å². The van der Waals surface area contributed by atoms with Crippen molar-refractivity contribution in [3.05, 3.63) is 12.7 Å². The normalized spacial score (nSPS) is 15.9. The molecule has 0 N–H and O–H groups in total. The number of carbonyl (C=O) groups excluding carboxylic acids is 1. The topological polar surface area (TPSA) is 38.8 Å². The highest BCUT2D eigenvalue weighted by atomic mass is 28.4. The molecule has 0 radical (unpaired) electrons. The van der Waals surface area contributed by atoms with Crippen molar-refractivity contribution in [2.24, 2.45) is 0 Å². The second-order valence-corrected chi connectivity index (χ2v) is 13.5. The highest BCUT2D eigenvalue weighted by molar-refractivity contribution is 6.74. The van der Waals surface area contributed by atoms with Gasteiger partial charge < -0.3 is 14.1 Å². The van der Waals surface area contributed by atoms with Gasteiger partial charge in [0.2, 0.25) is 0 Å². The van der Waals surface area contributed by atoms with Gasteiger partial charge in [0.25, 0.3) is 0 Å². The highest BCUT2D eigenvalue weighted by Gasteiger charge is 2.40. The molecule has 130 valence electrons. The van der Waals surface area contributed by atoms with Gasteiger partial charge in [0.15, 0.2) is 8.32 Å². The molecule has 0 heterocycles. The Morgan fingerprint density at radius 1 is 1.14 bits per heavy atom. The number of ether oxygens (including phenoxy) is 1. The lowest BCUT2D eigenvalue weighted by molar-refractivity contribution is 0.00740. The molecule has 4 nitrogen and oxygen atoms in total. The molecule has 0 saturated carbocycles. The molecule has 0 aliphatic heterocycles. The van der Waals surface area contributed by atoms with E-state index in [-0.39, 0.29) is 11.1 Å². The SMILES string of the molecule is C=C[C@](C)(CO[Si](C)(C)C(C)(C)C)N(C)C(=O)OC(C)(C)C. The van der Waals surface area contributed by atoms with Crippen molar-refractivity contribution < 1.29 is 14.0 Å². The molecule has 22 heavy (non-hydrogen) atoms. The van der Waals surface area contributed by atoms with E-state index in [4.69, 9.17) is 9.16 Å². The molecule has 0 rings (SSSR count). The summed E-state index contributed by atoms with van der Waals surface area (Å²) in [4.78, 5) is 13.9. The standard InChI is InChI=1S/C17H35NO3Si/c1-12-17(8,13-20-22(10,11)16(5,6)7)18(9)14(19)21-15(2,3)4/h12H,1,13H2,2-11H3/t17-/m1/s1. The van der Waals surface area contributed by atoms with Crippen LogP contribution in [0, 0.1) is 0 Å². The van der Waals surface area contributed by atoms with Crippen LogP contribution in [0.2, 0.25) is 18.1 Å². The summed E-state index contributed by atoms with van der Waals surface area (Å²) in [5.41, 5.74) is -1.12. The number of hydrogen-bond acceptors (Lipinski definition) is 3. The first kappa shape index (κ1) is 21.2. The van der Waals surface area contributed by atoms with Gasteiger partial charge in [-0.1, -0.05) is 26.8 Å². The van der Waals surface area contributed by atoms with Gasteiger partial charge in [0.1, 0.15) is 5.60 Å². The lowest BCUT2D eigenvalue weighted by Crippen LogP contribution is -2.53. The number of carbonyl (C=O) groups is 1. The van der Waals surface area contributed by atoms with Crippen LogP contribution in [0.3, 0.4) is 0 Å². The molecule has 0 saturated heterocycles. The van der Waals surface area contributed by atoms with E-state index in [1.165, 1.54) is 0 Å². The monoisotopic (exact) mass is 329 g/mol. The Morgan fingerprint density at radius 3 is 1.91 bits per heavy atom. The van der Waals surface area contributed by atoms with Crippen molar-refractivity contribution in [2.75, 3.05) is 13.7 Å². The summed E-state index contributed by atoms with van der Waals surface area (Å²) in [5.74, 6) is 0. The van der Waals surface area contributed by atoms with Crippen LogP contribution in [0.1, 0.15) is 48.5 Å². The van der Waals surface area contributed by atoms with E-state index in [1.54, 1.807) is 18.0 Å². The minimum atomic E-state index is -1.88. The predicted octanol–water partition coefficient (Wildman–Crippen LogP) is 4.82. The fraction of sp³-hybridized carbons (Fsp3) is 0.824. The van der Waals surface area contributed by atoms with Crippen molar-refractivity contribution in [3.8, 4) is 0 Å². The summed E-state index contributed by atoms with van der Waals surface area (Å²) in [6.07, 6.45) is 1.39. The van der Waals surface area contributed by atoms with Crippen molar-refractivity contribution in [3.63, 3.8) is 0 Å². The minimum Gasteiger partial charge on any atom is -0.444 e. The molecule has 0 aliphatic carbocycles. The third-order valence-corrected chi connectivity index (χ3v) is 8.88. The summed E-state index contributed by atoms with van der Waals surface area (Å²) in [7, 11) is -0.158. The van der Waals surface area contributed by atoms with Gasteiger partial charge in [-0.25, -0.2) is 4.79 Å². The number of rotatable bonds is 5. The van der Waals surface area contributed by atoms with Crippen LogP contribution >= 0.6 is 0 Å². The van der Waals surface area contributed by atoms with Gasteiger partial charge in [0, 0.05) is 7.05 Å². The first-order valence-electron chi connectivity index (χ1n) is 7.80. The first-order valence-corrected chi connectivity index (χ1v) is 10.7. The summed E-state index contributed by atoms with van der Waals surface area (Å²) in [5, 5.41) is 0.125. The average molecular weight is 330 g/mol. The molecule has 0 aromatic heterocycles.